The number of methoxy groups -OCH3 is 2. The van der Waals surface area contributed by atoms with E-state index in [9.17, 15) is 4.79 Å². The zero-order valence-corrected chi connectivity index (χ0v) is 17.0. The summed E-state index contributed by atoms with van der Waals surface area (Å²) in [6.45, 7) is 5.17. The van der Waals surface area contributed by atoms with Gasteiger partial charge in [0.1, 0.15) is 5.82 Å². The molecule has 10 nitrogen and oxygen atoms in total. The van der Waals surface area contributed by atoms with Gasteiger partial charge in [0, 0.05) is 31.1 Å². The molecular formula is C19H26N6O4. The average Bonchev–Trinajstić information content (AvgIpc) is 3.15. The van der Waals surface area contributed by atoms with E-state index in [1.807, 2.05) is 16.5 Å². The lowest BCUT2D eigenvalue weighted by atomic mass is 10.2. The van der Waals surface area contributed by atoms with Gasteiger partial charge >= 0.3 is 6.09 Å². The summed E-state index contributed by atoms with van der Waals surface area (Å²) < 4.78 is 12.9. The maximum Gasteiger partial charge on any atom is 0.404 e. The minimum Gasteiger partial charge on any atom is -0.493 e. The van der Waals surface area contributed by atoms with Crippen LogP contribution in [-0.4, -0.2) is 58.1 Å². The van der Waals surface area contributed by atoms with Gasteiger partial charge in [-0.25, -0.2) is 9.78 Å². The minimum atomic E-state index is -1.01. The first-order chi connectivity index (χ1) is 14.0. The van der Waals surface area contributed by atoms with Crippen LogP contribution in [-0.2, 0) is 0 Å². The van der Waals surface area contributed by atoms with E-state index in [4.69, 9.17) is 19.6 Å². The number of nitrogens with one attached hydrogen (secondary N) is 2. The number of hydrogen-bond donors (Lipinski definition) is 3. The standard InChI is InChI=1S/C19H26N6O4/c1-11(2)17-23-24-18-16(20-7-5-6-8-21-19(26)27)22-12-9-14(28-3)15(29-4)10-13(12)25(17)18/h9-11,21H,5-8H2,1-4H3,(H,20,22)(H,26,27). The third kappa shape index (κ3) is 4.25. The molecule has 10 heteroatoms. The highest BCUT2D eigenvalue weighted by atomic mass is 16.5. The van der Waals surface area contributed by atoms with Crippen molar-refractivity contribution in [2.45, 2.75) is 32.6 Å². The number of fused-ring (bicyclic) bond motifs is 3. The van der Waals surface area contributed by atoms with Crippen LogP contribution in [0.2, 0.25) is 0 Å². The van der Waals surface area contributed by atoms with Crippen molar-refractivity contribution in [2.75, 3.05) is 32.6 Å². The molecule has 0 bridgehead atoms. The molecule has 0 saturated carbocycles. The summed E-state index contributed by atoms with van der Waals surface area (Å²) in [7, 11) is 3.18. The molecule has 3 aromatic rings. The van der Waals surface area contributed by atoms with Gasteiger partial charge in [-0.3, -0.25) is 4.40 Å². The van der Waals surface area contributed by atoms with Crippen LogP contribution < -0.4 is 20.1 Å². The Morgan fingerprint density at radius 2 is 1.83 bits per heavy atom. The highest BCUT2D eigenvalue weighted by Crippen LogP contribution is 2.34. The number of carbonyl (C=O) groups is 1. The zero-order valence-electron chi connectivity index (χ0n) is 17.0. The summed E-state index contributed by atoms with van der Waals surface area (Å²) in [6, 6.07) is 3.71. The number of anilines is 1. The number of hydrogen-bond acceptors (Lipinski definition) is 7. The van der Waals surface area contributed by atoms with Crippen LogP contribution in [0.3, 0.4) is 0 Å². The number of ether oxygens (including phenoxy) is 2. The van der Waals surface area contributed by atoms with E-state index < -0.39 is 6.09 Å². The molecule has 29 heavy (non-hydrogen) atoms. The third-order valence-corrected chi connectivity index (χ3v) is 4.54. The van der Waals surface area contributed by atoms with E-state index in [2.05, 4.69) is 34.7 Å². The van der Waals surface area contributed by atoms with Crippen LogP contribution in [0.25, 0.3) is 16.7 Å². The first-order valence-corrected chi connectivity index (χ1v) is 9.47. The van der Waals surface area contributed by atoms with E-state index in [0.29, 0.717) is 36.1 Å². The molecule has 0 atom stereocenters. The second kappa shape index (κ2) is 8.80. The summed E-state index contributed by atoms with van der Waals surface area (Å²) in [5.41, 5.74) is 2.20. The molecular weight excluding hydrogens is 376 g/mol. The zero-order chi connectivity index (χ0) is 21.0. The molecule has 2 aromatic heterocycles. The van der Waals surface area contributed by atoms with Crippen molar-refractivity contribution in [3.05, 3.63) is 18.0 Å². The lowest BCUT2D eigenvalue weighted by molar-refractivity contribution is 0.194. The summed E-state index contributed by atoms with van der Waals surface area (Å²) >= 11 is 0. The molecule has 3 rings (SSSR count). The van der Waals surface area contributed by atoms with Crippen LogP contribution in [0, 0.1) is 0 Å². The number of amides is 1. The number of nitrogens with zero attached hydrogens (tertiary/aromatic N) is 4. The SMILES string of the molecule is COc1cc2nc(NCCCCNC(=O)O)c3nnc(C(C)C)n3c2cc1OC. The second-order valence-corrected chi connectivity index (χ2v) is 6.89. The monoisotopic (exact) mass is 402 g/mol. The van der Waals surface area contributed by atoms with E-state index in [0.717, 1.165) is 29.7 Å². The van der Waals surface area contributed by atoms with Gasteiger partial charge in [-0.05, 0) is 12.8 Å². The number of aromatic nitrogens is 4. The van der Waals surface area contributed by atoms with Crippen LogP contribution in [0.15, 0.2) is 12.1 Å². The summed E-state index contributed by atoms with van der Waals surface area (Å²) in [6.07, 6.45) is 0.492. The van der Waals surface area contributed by atoms with E-state index >= 15 is 0 Å². The van der Waals surface area contributed by atoms with Crippen molar-refractivity contribution in [1.82, 2.24) is 24.9 Å². The average molecular weight is 402 g/mol. The first-order valence-electron chi connectivity index (χ1n) is 9.47. The lowest BCUT2D eigenvalue weighted by Gasteiger charge is -2.14. The Morgan fingerprint density at radius 3 is 2.48 bits per heavy atom. The fourth-order valence-electron chi connectivity index (χ4n) is 3.13. The van der Waals surface area contributed by atoms with E-state index in [1.165, 1.54) is 0 Å². The normalized spacial score (nSPS) is 11.2. The number of unbranched alkanes of at least 4 members (excludes halogenated alkanes) is 1. The quantitative estimate of drug-likeness (QED) is 0.467. The topological polar surface area (TPSA) is 123 Å². The van der Waals surface area contributed by atoms with Gasteiger partial charge in [0.05, 0.1) is 25.3 Å². The van der Waals surface area contributed by atoms with Crippen molar-refractivity contribution in [2.24, 2.45) is 0 Å². The lowest BCUT2D eigenvalue weighted by Crippen LogP contribution is -2.22. The van der Waals surface area contributed by atoms with Crippen molar-refractivity contribution < 1.29 is 19.4 Å². The molecule has 3 N–H and O–H groups in total. The Bertz CT molecular complexity index is 1020. The molecule has 0 saturated heterocycles. The molecule has 2 heterocycles. The van der Waals surface area contributed by atoms with E-state index in [1.54, 1.807) is 14.2 Å². The highest BCUT2D eigenvalue weighted by Gasteiger charge is 2.19. The van der Waals surface area contributed by atoms with Crippen LogP contribution in [0.4, 0.5) is 10.6 Å². The molecule has 1 amide bonds. The summed E-state index contributed by atoms with van der Waals surface area (Å²) in [5.74, 6) is 2.82. The fraction of sp³-hybridized carbons (Fsp3) is 0.474. The van der Waals surface area contributed by atoms with Gasteiger partial charge in [0.25, 0.3) is 0 Å². The second-order valence-electron chi connectivity index (χ2n) is 6.89. The molecule has 0 fully saturated rings. The van der Waals surface area contributed by atoms with Crippen LogP contribution in [0.1, 0.15) is 38.4 Å². The largest absolute Gasteiger partial charge is 0.493 e. The Kier molecular flexibility index (Phi) is 6.20. The van der Waals surface area contributed by atoms with Gasteiger partial charge in [-0.15, -0.1) is 10.2 Å². The van der Waals surface area contributed by atoms with Gasteiger partial charge in [-0.1, -0.05) is 13.8 Å². The fourth-order valence-corrected chi connectivity index (χ4v) is 3.13. The Labute approximate surface area is 168 Å². The molecule has 156 valence electrons. The van der Waals surface area contributed by atoms with Gasteiger partial charge in [-0.2, -0.15) is 0 Å². The van der Waals surface area contributed by atoms with Crippen molar-refractivity contribution in [3.63, 3.8) is 0 Å². The van der Waals surface area contributed by atoms with Crippen LogP contribution in [0.5, 0.6) is 11.5 Å². The molecule has 0 aliphatic carbocycles. The third-order valence-electron chi connectivity index (χ3n) is 4.54. The van der Waals surface area contributed by atoms with Gasteiger partial charge in [0.2, 0.25) is 5.65 Å². The molecule has 0 unspecified atom stereocenters. The Balaban J connectivity index is 1.97. The van der Waals surface area contributed by atoms with Crippen molar-refractivity contribution in [3.8, 4) is 11.5 Å². The molecule has 1 aromatic carbocycles. The van der Waals surface area contributed by atoms with Crippen molar-refractivity contribution in [1.29, 1.82) is 0 Å². The maximum absolute atomic E-state index is 10.5. The van der Waals surface area contributed by atoms with E-state index in [-0.39, 0.29) is 5.92 Å². The molecule has 0 spiro atoms. The van der Waals surface area contributed by atoms with Gasteiger partial charge in [0.15, 0.2) is 17.3 Å². The summed E-state index contributed by atoms with van der Waals surface area (Å²) in [4.78, 5) is 15.2. The number of carboxylic acid groups (broad SMARTS) is 1. The Morgan fingerprint density at radius 1 is 1.14 bits per heavy atom. The minimum absolute atomic E-state index is 0.165. The molecule has 0 aliphatic heterocycles. The molecule has 0 aliphatic rings. The maximum atomic E-state index is 10.5. The Hall–Kier alpha value is -3.30. The van der Waals surface area contributed by atoms with Crippen LogP contribution >= 0.6 is 0 Å². The number of rotatable bonds is 9. The first kappa shape index (κ1) is 20.4. The predicted molar refractivity (Wildman–Crippen MR) is 109 cm³/mol. The highest BCUT2D eigenvalue weighted by molar-refractivity contribution is 5.86. The predicted octanol–water partition coefficient (Wildman–Crippen LogP) is 2.88. The molecule has 0 radical (unpaired) electrons. The number of benzene rings is 1. The van der Waals surface area contributed by atoms with Gasteiger partial charge < -0.3 is 25.2 Å². The van der Waals surface area contributed by atoms with Crippen molar-refractivity contribution >= 4 is 28.6 Å². The smallest absolute Gasteiger partial charge is 0.404 e. The summed E-state index contributed by atoms with van der Waals surface area (Å²) in [5, 5.41) is 23.0.